The lowest BCUT2D eigenvalue weighted by Crippen LogP contribution is -2.43. The highest BCUT2D eigenvalue weighted by Crippen LogP contribution is 2.12. The van der Waals surface area contributed by atoms with Crippen LogP contribution in [0.1, 0.15) is 21.6 Å². The van der Waals surface area contributed by atoms with Gasteiger partial charge in [-0.3, -0.25) is 14.3 Å². The Labute approximate surface area is 151 Å². The lowest BCUT2D eigenvalue weighted by atomic mass is 10.1. The molecule has 3 rings (SSSR count). The number of nitrogens with zero attached hydrogens (tertiary/aromatic N) is 3. The fraction of sp³-hybridized carbons (Fsp3) is 0.389. The summed E-state index contributed by atoms with van der Waals surface area (Å²) < 4.78 is 6.01. The van der Waals surface area contributed by atoms with Crippen molar-refractivity contribution in [2.24, 2.45) is 0 Å². The number of aromatic nitrogens is 2. The molecule has 1 aromatic carbocycles. The minimum absolute atomic E-state index is 0.259. The number of carbonyl (C=O) groups is 1. The number of hydrogen-bond acceptors (Lipinski definition) is 7. The molecule has 0 saturated carbocycles. The van der Waals surface area contributed by atoms with Gasteiger partial charge in [-0.15, -0.1) is 0 Å². The highest BCUT2D eigenvalue weighted by atomic mass is 16.5. The smallest absolute Gasteiger partial charge is 0.337 e. The molecule has 1 aromatic heterocycles. The van der Waals surface area contributed by atoms with Crippen molar-refractivity contribution in [3.05, 3.63) is 57.8 Å². The van der Waals surface area contributed by atoms with Gasteiger partial charge in [-0.1, -0.05) is 12.1 Å². The first-order chi connectivity index (χ1) is 12.6. The number of carbonyl (C=O) groups excluding carboxylic acids is 1. The number of piperazine rings is 1. The Balaban J connectivity index is 1.73. The number of aromatic hydroxyl groups is 1. The highest BCUT2D eigenvalue weighted by molar-refractivity contribution is 5.89. The van der Waals surface area contributed by atoms with Crippen molar-refractivity contribution in [3.8, 4) is 5.75 Å². The van der Waals surface area contributed by atoms with Crippen molar-refractivity contribution >= 4 is 5.97 Å². The lowest BCUT2D eigenvalue weighted by Gasteiger charge is -2.26. The minimum Gasteiger partial charge on any atom is -0.502 e. The Morgan fingerprint density at radius 1 is 1.23 bits per heavy atom. The number of esters is 1. The zero-order valence-corrected chi connectivity index (χ0v) is 14.6. The quantitative estimate of drug-likeness (QED) is 0.737. The predicted molar refractivity (Wildman–Crippen MR) is 95.2 cm³/mol. The Kier molecular flexibility index (Phi) is 5.65. The van der Waals surface area contributed by atoms with Gasteiger partial charge >= 0.3 is 5.97 Å². The molecule has 1 aliphatic rings. The Morgan fingerprint density at radius 2 is 1.92 bits per heavy atom. The molecule has 1 aliphatic heterocycles. The summed E-state index contributed by atoms with van der Waals surface area (Å²) in [5.74, 6) is -0.720. The topological polar surface area (TPSA) is 96.7 Å². The minimum atomic E-state index is -0.470. The summed E-state index contributed by atoms with van der Waals surface area (Å²) in [5.41, 5.74) is 1.18. The first-order valence-electron chi connectivity index (χ1n) is 8.46. The van der Waals surface area contributed by atoms with E-state index in [1.807, 2.05) is 0 Å². The van der Waals surface area contributed by atoms with Gasteiger partial charge in [0.1, 0.15) is 5.69 Å². The number of benzene rings is 1. The monoisotopic (exact) mass is 358 g/mol. The van der Waals surface area contributed by atoms with Crippen molar-refractivity contribution in [2.45, 2.75) is 13.1 Å². The largest absolute Gasteiger partial charge is 0.502 e. The molecule has 0 spiro atoms. The van der Waals surface area contributed by atoms with E-state index >= 15 is 0 Å². The van der Waals surface area contributed by atoms with Gasteiger partial charge in [-0.05, 0) is 17.7 Å². The van der Waals surface area contributed by atoms with Crippen LogP contribution < -0.4 is 10.9 Å². The number of methoxy groups -OCH3 is 1. The molecular formula is C18H22N4O4. The van der Waals surface area contributed by atoms with Gasteiger partial charge in [-0.25, -0.2) is 9.78 Å². The molecule has 2 heterocycles. The van der Waals surface area contributed by atoms with Gasteiger partial charge in [0.2, 0.25) is 5.75 Å². The molecular weight excluding hydrogens is 336 g/mol. The second kappa shape index (κ2) is 8.11. The van der Waals surface area contributed by atoms with Crippen LogP contribution in [0.15, 0.2) is 35.4 Å². The van der Waals surface area contributed by atoms with Gasteiger partial charge in [0.15, 0.2) is 0 Å². The molecule has 0 radical (unpaired) electrons. The molecule has 0 amide bonds. The second-order valence-corrected chi connectivity index (χ2v) is 6.19. The van der Waals surface area contributed by atoms with E-state index < -0.39 is 11.5 Å². The van der Waals surface area contributed by atoms with E-state index in [4.69, 9.17) is 0 Å². The van der Waals surface area contributed by atoms with E-state index in [9.17, 15) is 14.7 Å². The van der Waals surface area contributed by atoms with Crippen LogP contribution in [0.4, 0.5) is 0 Å². The third-order valence-electron chi connectivity index (χ3n) is 4.40. The molecule has 2 N–H and O–H groups in total. The van der Waals surface area contributed by atoms with Crippen molar-refractivity contribution in [2.75, 3.05) is 33.3 Å². The summed E-state index contributed by atoms with van der Waals surface area (Å²) in [5, 5.41) is 13.5. The molecule has 0 bridgehead atoms. The van der Waals surface area contributed by atoms with Gasteiger partial charge in [0.25, 0.3) is 5.56 Å². The average Bonchev–Trinajstić information content (AvgIpc) is 2.68. The Bertz CT molecular complexity index is 826. The Morgan fingerprint density at radius 3 is 2.58 bits per heavy atom. The number of hydrogen-bond donors (Lipinski definition) is 2. The maximum atomic E-state index is 12.4. The normalized spacial score (nSPS) is 15.0. The summed E-state index contributed by atoms with van der Waals surface area (Å²) in [7, 11) is 1.33. The van der Waals surface area contributed by atoms with E-state index in [0.717, 1.165) is 31.7 Å². The number of ether oxygens (including phenoxy) is 1. The van der Waals surface area contributed by atoms with Gasteiger partial charge in [0.05, 0.1) is 25.5 Å². The average molecular weight is 358 g/mol. The maximum absolute atomic E-state index is 12.4. The molecule has 0 atom stereocenters. The van der Waals surface area contributed by atoms with E-state index in [1.165, 1.54) is 18.0 Å². The molecule has 8 nitrogen and oxygen atoms in total. The maximum Gasteiger partial charge on any atom is 0.337 e. The predicted octanol–water partition coefficient (Wildman–Crippen LogP) is 0.189. The van der Waals surface area contributed by atoms with Gasteiger partial charge < -0.3 is 15.2 Å². The van der Waals surface area contributed by atoms with Crippen LogP contribution in [0.5, 0.6) is 5.75 Å². The molecule has 0 unspecified atom stereocenters. The number of rotatable bonds is 5. The van der Waals surface area contributed by atoms with Crippen LogP contribution >= 0.6 is 0 Å². The van der Waals surface area contributed by atoms with E-state index in [2.05, 4.69) is 19.9 Å². The van der Waals surface area contributed by atoms with Crippen molar-refractivity contribution in [1.29, 1.82) is 0 Å². The fourth-order valence-corrected chi connectivity index (χ4v) is 2.88. The Hall–Kier alpha value is -2.71. The van der Waals surface area contributed by atoms with Crippen LogP contribution in [-0.4, -0.2) is 58.8 Å². The summed E-state index contributed by atoms with van der Waals surface area (Å²) >= 11 is 0. The molecule has 1 fully saturated rings. The van der Waals surface area contributed by atoms with Crippen molar-refractivity contribution in [3.63, 3.8) is 0 Å². The van der Waals surface area contributed by atoms with Gasteiger partial charge in [-0.2, -0.15) is 0 Å². The third kappa shape index (κ3) is 4.09. The molecule has 2 aromatic rings. The van der Waals surface area contributed by atoms with E-state index in [0.29, 0.717) is 17.8 Å². The zero-order chi connectivity index (χ0) is 18.5. The van der Waals surface area contributed by atoms with Crippen LogP contribution in [0, 0.1) is 0 Å². The fourth-order valence-electron chi connectivity index (χ4n) is 2.88. The van der Waals surface area contributed by atoms with Crippen molar-refractivity contribution < 1.29 is 14.6 Å². The molecule has 8 heteroatoms. The SMILES string of the molecule is COC(=O)c1ccc(Cn2cnc(CN3CCNCC3)c(O)c2=O)cc1. The molecule has 0 aliphatic carbocycles. The summed E-state index contributed by atoms with van der Waals surface area (Å²) in [6.45, 7) is 4.21. The first kappa shape index (κ1) is 18.1. The summed E-state index contributed by atoms with van der Waals surface area (Å²) in [6, 6.07) is 6.76. The van der Waals surface area contributed by atoms with Crippen LogP contribution in [0.3, 0.4) is 0 Å². The number of nitrogens with one attached hydrogen (secondary N) is 1. The van der Waals surface area contributed by atoms with Crippen molar-refractivity contribution in [1.82, 2.24) is 19.8 Å². The second-order valence-electron chi connectivity index (χ2n) is 6.19. The molecule has 1 saturated heterocycles. The van der Waals surface area contributed by atoms with E-state index in [-0.39, 0.29) is 12.3 Å². The lowest BCUT2D eigenvalue weighted by molar-refractivity contribution is 0.0600. The summed E-state index contributed by atoms with van der Waals surface area (Å²) in [6.07, 6.45) is 1.45. The van der Waals surface area contributed by atoms with Crippen LogP contribution in [-0.2, 0) is 17.8 Å². The summed E-state index contributed by atoms with van der Waals surface area (Å²) in [4.78, 5) is 30.3. The standard InChI is InChI=1S/C18H22N4O4/c1-26-18(25)14-4-2-13(3-5-14)10-22-12-20-15(16(23)17(22)24)11-21-8-6-19-7-9-21/h2-5,12,19,23H,6-11H2,1H3. The first-order valence-corrected chi connectivity index (χ1v) is 8.46. The molecule has 138 valence electrons. The zero-order valence-electron chi connectivity index (χ0n) is 14.6. The highest BCUT2D eigenvalue weighted by Gasteiger charge is 2.16. The van der Waals surface area contributed by atoms with E-state index in [1.54, 1.807) is 24.3 Å². The van der Waals surface area contributed by atoms with Crippen LogP contribution in [0.2, 0.25) is 0 Å². The third-order valence-corrected chi connectivity index (χ3v) is 4.40. The molecule has 26 heavy (non-hydrogen) atoms. The van der Waals surface area contributed by atoms with Gasteiger partial charge in [0, 0.05) is 32.7 Å². The van der Waals surface area contributed by atoms with Crippen LogP contribution in [0.25, 0.3) is 0 Å².